The minimum atomic E-state index is -3.27. The van der Waals surface area contributed by atoms with Crippen molar-refractivity contribution in [2.75, 3.05) is 25.4 Å². The lowest BCUT2D eigenvalue weighted by Gasteiger charge is -2.25. The summed E-state index contributed by atoms with van der Waals surface area (Å²) in [6, 6.07) is 0. The Morgan fingerprint density at radius 1 is 1.33 bits per heavy atom. The first-order chi connectivity index (χ1) is 8.46. The van der Waals surface area contributed by atoms with Gasteiger partial charge in [-0.3, -0.25) is 4.79 Å². The molecule has 7 heteroatoms. The Kier molecular flexibility index (Phi) is 5.55. The Balaban J connectivity index is 2.42. The van der Waals surface area contributed by atoms with E-state index in [1.54, 1.807) is 6.92 Å². The zero-order chi connectivity index (χ0) is 13.6. The second-order valence-corrected chi connectivity index (χ2v) is 6.69. The first-order valence-corrected chi connectivity index (χ1v) is 8.07. The van der Waals surface area contributed by atoms with Crippen LogP contribution in [0.4, 0.5) is 0 Å². The summed E-state index contributed by atoms with van der Waals surface area (Å²) < 4.78 is 25.2. The van der Waals surface area contributed by atoms with Gasteiger partial charge in [0.15, 0.2) is 0 Å². The molecule has 0 heterocycles. The van der Waals surface area contributed by atoms with Crippen molar-refractivity contribution in [2.24, 2.45) is 11.1 Å². The molecule has 0 radical (unpaired) electrons. The Labute approximate surface area is 109 Å². The number of carbonyl (C=O) groups is 1. The fourth-order valence-electron chi connectivity index (χ4n) is 2.35. The Bertz CT molecular complexity index is 375. The van der Waals surface area contributed by atoms with E-state index < -0.39 is 15.4 Å². The van der Waals surface area contributed by atoms with E-state index in [1.165, 1.54) is 0 Å². The smallest absolute Gasteiger partial charge is 0.227 e. The summed E-state index contributed by atoms with van der Waals surface area (Å²) in [7, 11) is -3.27. The Hall–Kier alpha value is -0.660. The van der Waals surface area contributed by atoms with Crippen molar-refractivity contribution in [1.82, 2.24) is 10.0 Å². The van der Waals surface area contributed by atoms with Crippen LogP contribution in [0.25, 0.3) is 0 Å². The Morgan fingerprint density at radius 2 is 1.94 bits per heavy atom. The number of hydrogen-bond acceptors (Lipinski definition) is 4. The van der Waals surface area contributed by atoms with Crippen LogP contribution >= 0.6 is 0 Å². The van der Waals surface area contributed by atoms with E-state index in [-0.39, 0.29) is 18.2 Å². The molecule has 0 aromatic carbocycles. The van der Waals surface area contributed by atoms with Crippen LogP contribution in [0.1, 0.15) is 32.6 Å². The number of sulfonamides is 1. The predicted molar refractivity (Wildman–Crippen MR) is 70.4 cm³/mol. The van der Waals surface area contributed by atoms with Crippen molar-refractivity contribution in [3.63, 3.8) is 0 Å². The number of amides is 1. The van der Waals surface area contributed by atoms with Gasteiger partial charge in [0, 0.05) is 19.6 Å². The number of carbonyl (C=O) groups excluding carboxylic acids is 1. The summed E-state index contributed by atoms with van der Waals surface area (Å²) in [5.41, 5.74) is 5.21. The van der Waals surface area contributed by atoms with Crippen LogP contribution in [0, 0.1) is 5.41 Å². The van der Waals surface area contributed by atoms with Gasteiger partial charge in [-0.2, -0.15) is 0 Å². The summed E-state index contributed by atoms with van der Waals surface area (Å²) in [4.78, 5) is 12.0. The minimum Gasteiger partial charge on any atom is -0.355 e. The van der Waals surface area contributed by atoms with Gasteiger partial charge in [-0.1, -0.05) is 19.8 Å². The molecule has 0 unspecified atom stereocenters. The van der Waals surface area contributed by atoms with Crippen molar-refractivity contribution in [1.29, 1.82) is 0 Å². The van der Waals surface area contributed by atoms with Gasteiger partial charge in [0.1, 0.15) is 0 Å². The molecule has 0 aromatic rings. The lowest BCUT2D eigenvalue weighted by Crippen LogP contribution is -2.46. The molecular weight excluding hydrogens is 254 g/mol. The maximum absolute atomic E-state index is 12.0. The van der Waals surface area contributed by atoms with Crippen LogP contribution in [0.5, 0.6) is 0 Å². The van der Waals surface area contributed by atoms with Gasteiger partial charge in [-0.15, -0.1) is 0 Å². The summed E-state index contributed by atoms with van der Waals surface area (Å²) in [6.07, 6.45) is 3.63. The summed E-state index contributed by atoms with van der Waals surface area (Å²) in [6.45, 7) is 2.55. The SMILES string of the molecule is CCNS(=O)(=O)CCNC(=O)C1(CN)CCCC1. The van der Waals surface area contributed by atoms with Gasteiger partial charge in [0.25, 0.3) is 0 Å². The summed E-state index contributed by atoms with van der Waals surface area (Å²) >= 11 is 0. The van der Waals surface area contributed by atoms with Gasteiger partial charge in [0.2, 0.25) is 15.9 Å². The zero-order valence-corrected chi connectivity index (χ0v) is 11.7. The third kappa shape index (κ3) is 3.93. The van der Waals surface area contributed by atoms with E-state index in [0.29, 0.717) is 13.1 Å². The van der Waals surface area contributed by atoms with E-state index >= 15 is 0 Å². The van der Waals surface area contributed by atoms with Gasteiger partial charge in [0.05, 0.1) is 11.2 Å². The van der Waals surface area contributed by atoms with Crippen LogP contribution < -0.4 is 15.8 Å². The molecule has 0 atom stereocenters. The molecule has 106 valence electrons. The zero-order valence-electron chi connectivity index (χ0n) is 10.9. The van der Waals surface area contributed by atoms with Gasteiger partial charge >= 0.3 is 0 Å². The molecule has 0 spiro atoms. The van der Waals surface area contributed by atoms with Crippen LogP contribution in [-0.2, 0) is 14.8 Å². The van der Waals surface area contributed by atoms with Crippen molar-refractivity contribution in [2.45, 2.75) is 32.6 Å². The van der Waals surface area contributed by atoms with E-state index in [4.69, 9.17) is 5.73 Å². The topological polar surface area (TPSA) is 101 Å². The number of nitrogens with one attached hydrogen (secondary N) is 2. The van der Waals surface area contributed by atoms with Gasteiger partial charge in [-0.05, 0) is 12.8 Å². The quantitative estimate of drug-likeness (QED) is 0.587. The molecule has 1 aliphatic rings. The normalized spacial score (nSPS) is 18.8. The fraction of sp³-hybridized carbons (Fsp3) is 0.909. The molecular formula is C11H23N3O3S. The molecule has 1 fully saturated rings. The largest absolute Gasteiger partial charge is 0.355 e. The predicted octanol–water partition coefficient (Wildman–Crippen LogP) is -0.439. The third-order valence-electron chi connectivity index (χ3n) is 3.45. The second kappa shape index (κ2) is 6.49. The fourth-order valence-corrected chi connectivity index (χ4v) is 3.31. The maximum Gasteiger partial charge on any atom is 0.227 e. The molecule has 0 saturated heterocycles. The molecule has 4 N–H and O–H groups in total. The van der Waals surface area contributed by atoms with Crippen LogP contribution in [0.15, 0.2) is 0 Å². The highest BCUT2D eigenvalue weighted by Crippen LogP contribution is 2.37. The first-order valence-electron chi connectivity index (χ1n) is 6.41. The van der Waals surface area contributed by atoms with Crippen molar-refractivity contribution in [3.8, 4) is 0 Å². The molecule has 0 aliphatic heterocycles. The molecule has 1 saturated carbocycles. The Morgan fingerprint density at radius 3 is 2.44 bits per heavy atom. The highest BCUT2D eigenvalue weighted by atomic mass is 32.2. The second-order valence-electron chi connectivity index (χ2n) is 4.76. The molecule has 18 heavy (non-hydrogen) atoms. The lowest BCUT2D eigenvalue weighted by molar-refractivity contribution is -0.130. The average molecular weight is 277 g/mol. The lowest BCUT2D eigenvalue weighted by atomic mass is 9.85. The molecule has 0 bridgehead atoms. The number of rotatable bonds is 7. The van der Waals surface area contributed by atoms with Gasteiger partial charge in [-0.25, -0.2) is 13.1 Å². The summed E-state index contributed by atoms with van der Waals surface area (Å²) in [5.74, 6) is -0.193. The molecule has 0 aromatic heterocycles. The first kappa shape index (κ1) is 15.4. The van der Waals surface area contributed by atoms with E-state index in [1.807, 2.05) is 0 Å². The highest BCUT2D eigenvalue weighted by Gasteiger charge is 2.39. The molecule has 6 nitrogen and oxygen atoms in total. The van der Waals surface area contributed by atoms with Crippen molar-refractivity contribution in [3.05, 3.63) is 0 Å². The molecule has 1 amide bonds. The third-order valence-corrected chi connectivity index (χ3v) is 4.92. The van der Waals surface area contributed by atoms with Crippen LogP contribution in [-0.4, -0.2) is 39.7 Å². The highest BCUT2D eigenvalue weighted by molar-refractivity contribution is 7.89. The minimum absolute atomic E-state index is 0.0900. The van der Waals surface area contributed by atoms with Crippen LogP contribution in [0.3, 0.4) is 0 Å². The van der Waals surface area contributed by atoms with Gasteiger partial charge < -0.3 is 11.1 Å². The molecule has 1 rings (SSSR count). The molecule has 1 aliphatic carbocycles. The van der Waals surface area contributed by atoms with E-state index in [0.717, 1.165) is 25.7 Å². The van der Waals surface area contributed by atoms with E-state index in [2.05, 4.69) is 10.0 Å². The van der Waals surface area contributed by atoms with Crippen molar-refractivity contribution >= 4 is 15.9 Å². The van der Waals surface area contributed by atoms with Crippen molar-refractivity contribution < 1.29 is 13.2 Å². The maximum atomic E-state index is 12.0. The average Bonchev–Trinajstić information content (AvgIpc) is 2.78. The monoisotopic (exact) mass is 277 g/mol. The number of hydrogen-bond donors (Lipinski definition) is 3. The number of nitrogens with two attached hydrogens (primary N) is 1. The van der Waals surface area contributed by atoms with E-state index in [9.17, 15) is 13.2 Å². The van der Waals surface area contributed by atoms with Crippen LogP contribution in [0.2, 0.25) is 0 Å². The standard InChI is InChI=1S/C11H23N3O3S/c1-2-14-18(16,17)8-7-13-10(15)11(9-12)5-3-4-6-11/h14H,2-9,12H2,1H3,(H,13,15). The summed E-state index contributed by atoms with van der Waals surface area (Å²) in [5, 5.41) is 2.69.